The smallest absolute Gasteiger partial charge is 0.0438 e. The molecule has 1 aromatic rings. The van der Waals surface area contributed by atoms with E-state index in [2.05, 4.69) is 13.0 Å². The summed E-state index contributed by atoms with van der Waals surface area (Å²) in [5.41, 5.74) is 1.22. The maximum Gasteiger partial charge on any atom is 0.0438 e. The van der Waals surface area contributed by atoms with Gasteiger partial charge in [0.15, 0.2) is 0 Å². The number of hydrogen-bond donors (Lipinski definition) is 0. The second-order valence-corrected chi connectivity index (χ2v) is 3.03. The van der Waals surface area contributed by atoms with E-state index in [1.54, 1.807) is 0 Å². The van der Waals surface area contributed by atoms with Crippen molar-refractivity contribution >= 4 is 11.6 Å². The topological polar surface area (TPSA) is 0 Å². The zero-order chi connectivity index (χ0) is 8.10. The Bertz CT molecular complexity index is 218. The Hall–Kier alpha value is -0.490. The van der Waals surface area contributed by atoms with Gasteiger partial charge in [0.1, 0.15) is 0 Å². The summed E-state index contributed by atoms with van der Waals surface area (Å²) in [5.74, 6) is 0. The van der Waals surface area contributed by atoms with E-state index in [4.69, 9.17) is 11.6 Å². The van der Waals surface area contributed by atoms with Crippen LogP contribution < -0.4 is 0 Å². The van der Waals surface area contributed by atoms with Gasteiger partial charge in [-0.05, 0) is 36.6 Å². The number of unbranched alkanes of at least 4 members (excludes halogenated alkanes) is 1. The first-order chi connectivity index (χ1) is 5.34. The van der Waals surface area contributed by atoms with Crippen molar-refractivity contribution in [3.63, 3.8) is 0 Å². The predicted molar refractivity (Wildman–Crippen MR) is 48.9 cm³/mol. The Kier molecular flexibility index (Phi) is 3.44. The molecule has 1 rings (SSSR count). The predicted octanol–water partition coefficient (Wildman–Crippen LogP) is 3.48. The summed E-state index contributed by atoms with van der Waals surface area (Å²) in [7, 11) is 0. The van der Waals surface area contributed by atoms with Gasteiger partial charge >= 0.3 is 0 Å². The van der Waals surface area contributed by atoms with Crippen LogP contribution in [0.3, 0.4) is 0 Å². The van der Waals surface area contributed by atoms with Crippen molar-refractivity contribution in [1.82, 2.24) is 0 Å². The van der Waals surface area contributed by atoms with Crippen LogP contribution in [0.25, 0.3) is 0 Å². The van der Waals surface area contributed by atoms with E-state index in [-0.39, 0.29) is 0 Å². The van der Waals surface area contributed by atoms with E-state index < -0.39 is 0 Å². The number of hydrogen-bond acceptors (Lipinski definition) is 0. The second kappa shape index (κ2) is 4.40. The van der Waals surface area contributed by atoms with Crippen LogP contribution in [0.2, 0.25) is 5.02 Å². The van der Waals surface area contributed by atoms with E-state index in [1.807, 2.05) is 18.2 Å². The fourth-order valence-electron chi connectivity index (χ4n) is 1.00. The molecular weight excluding hydrogens is 156 g/mol. The molecule has 0 saturated carbocycles. The summed E-state index contributed by atoms with van der Waals surface area (Å²) < 4.78 is 0. The van der Waals surface area contributed by atoms with Crippen LogP contribution in [0.5, 0.6) is 0 Å². The summed E-state index contributed by atoms with van der Waals surface area (Å²) >= 11 is 5.94. The highest BCUT2D eigenvalue weighted by atomic mass is 35.5. The molecule has 1 aromatic carbocycles. The van der Waals surface area contributed by atoms with Crippen molar-refractivity contribution in [3.05, 3.63) is 34.9 Å². The molecule has 0 aromatic heterocycles. The van der Waals surface area contributed by atoms with Gasteiger partial charge in [-0.25, -0.2) is 0 Å². The van der Waals surface area contributed by atoms with Gasteiger partial charge in [0.25, 0.3) is 0 Å². The van der Waals surface area contributed by atoms with Gasteiger partial charge in [-0.2, -0.15) is 0 Å². The molecule has 0 saturated heterocycles. The lowest BCUT2D eigenvalue weighted by Crippen LogP contribution is -1.84. The van der Waals surface area contributed by atoms with Crippen LogP contribution in [0.4, 0.5) is 0 Å². The number of aryl methyl sites for hydroxylation is 1. The molecule has 1 radical (unpaired) electrons. The van der Waals surface area contributed by atoms with Gasteiger partial charge in [0.2, 0.25) is 0 Å². The minimum atomic E-state index is 0.872. The molecule has 0 aliphatic heterocycles. The van der Waals surface area contributed by atoms with Gasteiger partial charge in [0.05, 0.1) is 0 Å². The van der Waals surface area contributed by atoms with Gasteiger partial charge in [-0.3, -0.25) is 0 Å². The van der Waals surface area contributed by atoms with E-state index in [0.29, 0.717) is 0 Å². The quantitative estimate of drug-likeness (QED) is 0.647. The molecule has 0 aliphatic rings. The van der Waals surface area contributed by atoms with E-state index in [9.17, 15) is 0 Å². The van der Waals surface area contributed by atoms with Crippen LogP contribution in [-0.2, 0) is 6.42 Å². The van der Waals surface area contributed by atoms with Crippen LogP contribution >= 0.6 is 11.6 Å². The third kappa shape index (κ3) is 2.55. The lowest BCUT2D eigenvalue weighted by Gasteiger charge is -2.00. The fourth-order valence-corrected chi connectivity index (χ4v) is 1.22. The molecule has 0 unspecified atom stereocenters. The Morgan fingerprint density at radius 2 is 2.36 bits per heavy atom. The van der Waals surface area contributed by atoms with Gasteiger partial charge < -0.3 is 0 Å². The van der Waals surface area contributed by atoms with E-state index >= 15 is 0 Å². The number of halogens is 1. The summed E-state index contributed by atoms with van der Waals surface area (Å²) in [6.45, 7) is 2.18. The molecule has 0 spiro atoms. The average molecular weight is 168 g/mol. The number of benzene rings is 1. The molecule has 0 amide bonds. The second-order valence-electron chi connectivity index (χ2n) is 2.62. The molecule has 59 valence electrons. The molecule has 0 aliphatic carbocycles. The van der Waals surface area contributed by atoms with Gasteiger partial charge in [-0.15, -0.1) is 0 Å². The normalized spacial score (nSPS) is 10.0. The SMILES string of the molecule is CCCCc1c[c]ccc1Cl. The molecular formula is C10H12Cl. The highest BCUT2D eigenvalue weighted by Gasteiger charge is 1.96. The first-order valence-electron chi connectivity index (χ1n) is 3.99. The monoisotopic (exact) mass is 167 g/mol. The third-order valence-corrected chi connectivity index (χ3v) is 2.06. The van der Waals surface area contributed by atoms with Crippen LogP contribution in [0.1, 0.15) is 25.3 Å². The van der Waals surface area contributed by atoms with Crippen molar-refractivity contribution in [2.75, 3.05) is 0 Å². The summed E-state index contributed by atoms with van der Waals surface area (Å²) in [4.78, 5) is 0. The lowest BCUT2D eigenvalue weighted by molar-refractivity contribution is 0.795. The van der Waals surface area contributed by atoms with Crippen molar-refractivity contribution in [2.24, 2.45) is 0 Å². The first kappa shape index (κ1) is 8.61. The first-order valence-corrected chi connectivity index (χ1v) is 4.37. The van der Waals surface area contributed by atoms with Gasteiger partial charge in [-0.1, -0.05) is 31.0 Å². The van der Waals surface area contributed by atoms with Crippen LogP contribution in [-0.4, -0.2) is 0 Å². The molecule has 0 bridgehead atoms. The molecule has 0 atom stereocenters. The minimum absolute atomic E-state index is 0.872. The lowest BCUT2D eigenvalue weighted by atomic mass is 10.1. The van der Waals surface area contributed by atoms with E-state index in [0.717, 1.165) is 11.4 Å². The number of rotatable bonds is 3. The zero-order valence-electron chi connectivity index (χ0n) is 6.73. The Morgan fingerprint density at radius 3 is 3.00 bits per heavy atom. The Balaban J connectivity index is 2.62. The molecule has 0 nitrogen and oxygen atoms in total. The highest BCUT2D eigenvalue weighted by molar-refractivity contribution is 6.31. The Morgan fingerprint density at radius 1 is 1.55 bits per heavy atom. The van der Waals surface area contributed by atoms with Crippen molar-refractivity contribution in [1.29, 1.82) is 0 Å². The molecule has 11 heavy (non-hydrogen) atoms. The van der Waals surface area contributed by atoms with Crippen molar-refractivity contribution in [3.8, 4) is 0 Å². The van der Waals surface area contributed by atoms with Gasteiger partial charge in [0, 0.05) is 5.02 Å². The van der Waals surface area contributed by atoms with Crippen molar-refractivity contribution in [2.45, 2.75) is 26.2 Å². The molecule has 0 fully saturated rings. The average Bonchev–Trinajstić information content (AvgIpc) is 2.03. The van der Waals surface area contributed by atoms with E-state index in [1.165, 1.54) is 18.4 Å². The minimum Gasteiger partial charge on any atom is -0.0840 e. The molecule has 0 N–H and O–H groups in total. The summed E-state index contributed by atoms with van der Waals surface area (Å²) in [6, 6.07) is 8.74. The maximum absolute atomic E-state index is 5.94. The fraction of sp³-hybridized carbons (Fsp3) is 0.400. The summed E-state index contributed by atoms with van der Waals surface area (Å²) in [5, 5.41) is 0.872. The van der Waals surface area contributed by atoms with Crippen LogP contribution in [0, 0.1) is 6.07 Å². The van der Waals surface area contributed by atoms with Crippen LogP contribution in [0.15, 0.2) is 18.2 Å². The molecule has 0 heterocycles. The maximum atomic E-state index is 5.94. The van der Waals surface area contributed by atoms with Crippen molar-refractivity contribution < 1.29 is 0 Å². The third-order valence-electron chi connectivity index (χ3n) is 1.69. The largest absolute Gasteiger partial charge is 0.0840 e. The Labute approximate surface area is 73.2 Å². The zero-order valence-corrected chi connectivity index (χ0v) is 7.49. The summed E-state index contributed by atoms with van der Waals surface area (Å²) in [6.07, 6.45) is 3.50. The highest BCUT2D eigenvalue weighted by Crippen LogP contribution is 2.16. The standard InChI is InChI=1S/C10H12Cl/c1-2-3-6-9-7-4-5-8-10(9)11/h5,7-8H,2-3,6H2,1H3. The molecule has 1 heteroatoms.